The molecule has 6 heteroatoms. The highest BCUT2D eigenvalue weighted by Gasteiger charge is 2.09. The molecule has 0 aliphatic rings. The topological polar surface area (TPSA) is 65.4 Å². The minimum absolute atomic E-state index is 0.0810. The first kappa shape index (κ1) is 21.4. The number of carbonyl (C=O) groups excluding carboxylic acids is 1. The van der Waals surface area contributed by atoms with E-state index in [0.29, 0.717) is 19.1 Å². The van der Waals surface area contributed by atoms with Crippen LogP contribution >= 0.6 is 0 Å². The van der Waals surface area contributed by atoms with Crippen molar-refractivity contribution in [2.24, 2.45) is 0 Å². The zero-order chi connectivity index (χ0) is 21.3. The molecule has 0 aliphatic carbocycles. The fourth-order valence-corrected chi connectivity index (χ4v) is 3.04. The van der Waals surface area contributed by atoms with Gasteiger partial charge in [0.2, 0.25) is 5.91 Å². The maximum atomic E-state index is 12.2. The zero-order valence-electron chi connectivity index (χ0n) is 17.8. The second-order valence-corrected chi connectivity index (χ2v) is 7.52. The van der Waals surface area contributed by atoms with E-state index in [1.54, 1.807) is 12.5 Å². The molecule has 2 aromatic carbocycles. The van der Waals surface area contributed by atoms with Crippen molar-refractivity contribution < 1.29 is 14.3 Å². The van der Waals surface area contributed by atoms with Gasteiger partial charge in [-0.1, -0.05) is 26.0 Å². The van der Waals surface area contributed by atoms with Crippen LogP contribution in [0.5, 0.6) is 11.5 Å². The van der Waals surface area contributed by atoms with Crippen LogP contribution in [0.1, 0.15) is 37.3 Å². The summed E-state index contributed by atoms with van der Waals surface area (Å²) in [5.41, 5.74) is 3.04. The highest BCUT2D eigenvalue weighted by molar-refractivity contribution is 5.90. The molecule has 0 saturated heterocycles. The van der Waals surface area contributed by atoms with Gasteiger partial charge in [0.25, 0.3) is 0 Å². The number of nitrogens with zero attached hydrogens (tertiary/aromatic N) is 2. The van der Waals surface area contributed by atoms with Gasteiger partial charge in [0.15, 0.2) is 0 Å². The molecule has 0 bridgehead atoms. The van der Waals surface area contributed by atoms with E-state index in [4.69, 9.17) is 9.47 Å². The quantitative estimate of drug-likeness (QED) is 0.524. The van der Waals surface area contributed by atoms with Crippen molar-refractivity contribution in [3.8, 4) is 11.5 Å². The molecule has 1 N–H and O–H groups in total. The van der Waals surface area contributed by atoms with E-state index in [1.165, 1.54) is 0 Å². The average molecular weight is 408 g/mol. The van der Waals surface area contributed by atoms with Crippen molar-refractivity contribution in [3.63, 3.8) is 0 Å². The Kier molecular flexibility index (Phi) is 7.49. The van der Waals surface area contributed by atoms with Gasteiger partial charge in [0, 0.05) is 18.1 Å². The van der Waals surface area contributed by atoms with Crippen molar-refractivity contribution in [2.75, 3.05) is 18.5 Å². The lowest BCUT2D eigenvalue weighted by molar-refractivity contribution is -0.116. The Morgan fingerprint density at radius 2 is 1.90 bits per heavy atom. The number of anilines is 1. The fraction of sp³-hybridized carbons (Fsp3) is 0.333. The van der Waals surface area contributed by atoms with Crippen LogP contribution in [-0.4, -0.2) is 28.7 Å². The molecule has 3 rings (SSSR count). The van der Waals surface area contributed by atoms with Crippen molar-refractivity contribution in [3.05, 3.63) is 72.3 Å². The third kappa shape index (κ3) is 6.37. The third-order valence-electron chi connectivity index (χ3n) is 4.69. The van der Waals surface area contributed by atoms with Crippen LogP contribution in [0.25, 0.3) is 0 Å². The number of imidazole rings is 1. The van der Waals surface area contributed by atoms with Crippen LogP contribution in [0.3, 0.4) is 0 Å². The number of nitrogens with one attached hydrogen (secondary N) is 1. The Balaban J connectivity index is 1.42. The molecular formula is C24H29N3O3. The number of aromatic nitrogens is 2. The van der Waals surface area contributed by atoms with Crippen LogP contribution in [0.4, 0.5) is 5.69 Å². The van der Waals surface area contributed by atoms with Crippen LogP contribution in [0.2, 0.25) is 0 Å². The van der Waals surface area contributed by atoms with E-state index in [0.717, 1.165) is 34.9 Å². The summed E-state index contributed by atoms with van der Waals surface area (Å²) in [5, 5.41) is 2.90. The number of hydrogen-bond acceptors (Lipinski definition) is 4. The van der Waals surface area contributed by atoms with Crippen molar-refractivity contribution in [1.29, 1.82) is 0 Å². The van der Waals surface area contributed by atoms with Gasteiger partial charge in [-0.05, 0) is 54.3 Å². The van der Waals surface area contributed by atoms with Gasteiger partial charge < -0.3 is 19.4 Å². The van der Waals surface area contributed by atoms with Crippen LogP contribution in [0.15, 0.2) is 61.2 Å². The van der Waals surface area contributed by atoms with Gasteiger partial charge in [-0.15, -0.1) is 0 Å². The Morgan fingerprint density at radius 3 is 2.60 bits per heavy atom. The summed E-state index contributed by atoms with van der Waals surface area (Å²) >= 11 is 0. The molecule has 0 fully saturated rings. The second kappa shape index (κ2) is 10.5. The largest absolute Gasteiger partial charge is 0.493 e. The van der Waals surface area contributed by atoms with E-state index in [9.17, 15) is 4.79 Å². The minimum atomic E-state index is -0.0810. The Labute approximate surface area is 177 Å². The summed E-state index contributed by atoms with van der Waals surface area (Å²) in [6.45, 7) is 7.93. The number of rotatable bonds is 10. The molecule has 0 atom stereocenters. The maximum absolute atomic E-state index is 12.2. The molecule has 158 valence electrons. The first-order valence-electron chi connectivity index (χ1n) is 10.2. The summed E-state index contributed by atoms with van der Waals surface area (Å²) < 4.78 is 13.6. The maximum Gasteiger partial charge on any atom is 0.227 e. The number of ether oxygens (including phenoxy) is 2. The van der Waals surface area contributed by atoms with E-state index >= 15 is 0 Å². The molecule has 0 aliphatic heterocycles. The number of hydrogen-bond donors (Lipinski definition) is 1. The smallest absolute Gasteiger partial charge is 0.227 e. The number of amides is 1. The summed E-state index contributed by atoms with van der Waals surface area (Å²) in [5.74, 6) is 1.91. The lowest BCUT2D eigenvalue weighted by Crippen LogP contribution is -2.15. The molecule has 1 heterocycles. The van der Waals surface area contributed by atoms with E-state index < -0.39 is 0 Å². The summed E-state index contributed by atoms with van der Waals surface area (Å²) in [6.07, 6.45) is 5.68. The predicted octanol–water partition coefficient (Wildman–Crippen LogP) is 4.80. The molecule has 1 aromatic heterocycles. The molecular weight excluding hydrogens is 378 g/mol. The monoisotopic (exact) mass is 407 g/mol. The zero-order valence-corrected chi connectivity index (χ0v) is 17.8. The summed E-state index contributed by atoms with van der Waals surface area (Å²) in [6, 6.07) is 13.6. The molecule has 3 aromatic rings. The van der Waals surface area contributed by atoms with E-state index in [-0.39, 0.29) is 12.3 Å². The molecule has 0 radical (unpaired) electrons. The van der Waals surface area contributed by atoms with Gasteiger partial charge in [0.1, 0.15) is 18.1 Å². The normalized spacial score (nSPS) is 10.8. The lowest BCUT2D eigenvalue weighted by Gasteiger charge is -2.15. The Morgan fingerprint density at radius 1 is 1.10 bits per heavy atom. The summed E-state index contributed by atoms with van der Waals surface area (Å²) in [4.78, 5) is 16.2. The SMILES string of the molecule is Cc1ccc(C(C)C)c(OCCC(=O)Nc2ccc(OCCn3ccnc3)cc2)c1. The lowest BCUT2D eigenvalue weighted by atomic mass is 10.0. The van der Waals surface area contributed by atoms with E-state index in [2.05, 4.69) is 36.3 Å². The molecule has 6 nitrogen and oxygen atoms in total. The van der Waals surface area contributed by atoms with Crippen molar-refractivity contribution >= 4 is 11.6 Å². The molecule has 1 amide bonds. The standard InChI is InChI=1S/C24H29N3O3/c1-18(2)22-9-4-19(3)16-23(22)30-14-10-24(28)26-20-5-7-21(8-6-20)29-15-13-27-12-11-25-17-27/h4-9,11-12,16-18H,10,13-15H2,1-3H3,(H,26,28). The van der Waals surface area contributed by atoms with Crippen molar-refractivity contribution in [1.82, 2.24) is 9.55 Å². The third-order valence-corrected chi connectivity index (χ3v) is 4.69. The predicted molar refractivity (Wildman–Crippen MR) is 118 cm³/mol. The first-order valence-corrected chi connectivity index (χ1v) is 10.2. The Hall–Kier alpha value is -3.28. The minimum Gasteiger partial charge on any atom is -0.493 e. The first-order chi connectivity index (χ1) is 14.5. The summed E-state index contributed by atoms with van der Waals surface area (Å²) in [7, 11) is 0. The fourth-order valence-electron chi connectivity index (χ4n) is 3.04. The van der Waals surface area contributed by atoms with Crippen molar-refractivity contribution in [2.45, 2.75) is 39.7 Å². The van der Waals surface area contributed by atoms with Crippen LogP contribution < -0.4 is 14.8 Å². The van der Waals surface area contributed by atoms with Crippen LogP contribution in [-0.2, 0) is 11.3 Å². The van der Waals surface area contributed by atoms with Crippen LogP contribution in [0, 0.1) is 6.92 Å². The highest BCUT2D eigenvalue weighted by Crippen LogP contribution is 2.27. The van der Waals surface area contributed by atoms with Gasteiger partial charge in [-0.2, -0.15) is 0 Å². The van der Waals surface area contributed by atoms with Gasteiger partial charge in [-0.3, -0.25) is 4.79 Å². The molecule has 0 spiro atoms. The number of benzene rings is 2. The van der Waals surface area contributed by atoms with Gasteiger partial charge in [0.05, 0.1) is 25.9 Å². The van der Waals surface area contributed by atoms with Gasteiger partial charge >= 0.3 is 0 Å². The number of aryl methyl sites for hydroxylation is 1. The average Bonchev–Trinajstić information content (AvgIpc) is 3.23. The Bertz CT molecular complexity index is 935. The molecule has 30 heavy (non-hydrogen) atoms. The van der Waals surface area contributed by atoms with E-state index in [1.807, 2.05) is 48.0 Å². The van der Waals surface area contributed by atoms with Gasteiger partial charge in [-0.25, -0.2) is 4.98 Å². The molecule has 0 saturated carbocycles. The second-order valence-electron chi connectivity index (χ2n) is 7.52. The molecule has 0 unspecified atom stereocenters. The number of carbonyl (C=O) groups is 1. The highest BCUT2D eigenvalue weighted by atomic mass is 16.5.